The Labute approximate surface area is 215 Å². The fraction of sp³-hybridized carbons (Fsp3) is 0.267. The van der Waals surface area contributed by atoms with Crippen molar-refractivity contribution < 1.29 is 9.18 Å². The number of nitrogens with zero attached hydrogens (tertiary/aromatic N) is 3. The van der Waals surface area contributed by atoms with E-state index in [1.54, 1.807) is 42.9 Å². The van der Waals surface area contributed by atoms with Crippen LogP contribution in [-0.2, 0) is 6.42 Å². The fourth-order valence-corrected chi connectivity index (χ4v) is 5.48. The number of carbonyl (C=O) groups excluding carboxylic acids is 1. The first-order chi connectivity index (χ1) is 17.9. The lowest BCUT2D eigenvalue weighted by Gasteiger charge is -2.32. The number of hydrogen-bond acceptors (Lipinski definition) is 5. The van der Waals surface area contributed by atoms with Crippen molar-refractivity contribution in [1.82, 2.24) is 9.97 Å². The molecule has 1 fully saturated rings. The Balaban J connectivity index is 1.44. The average molecular weight is 494 g/mol. The molecule has 4 aromatic rings. The molecule has 0 aliphatic heterocycles. The quantitative estimate of drug-likeness (QED) is 0.230. The van der Waals surface area contributed by atoms with Gasteiger partial charge in [-0.2, -0.15) is 0 Å². The normalized spacial score (nSPS) is 19.4. The van der Waals surface area contributed by atoms with E-state index in [1.165, 1.54) is 12.1 Å². The van der Waals surface area contributed by atoms with Gasteiger partial charge in [-0.1, -0.05) is 25.1 Å². The van der Waals surface area contributed by atoms with Gasteiger partial charge in [0.15, 0.2) is 5.78 Å². The minimum atomic E-state index is -0.464. The highest BCUT2D eigenvalue weighted by Crippen LogP contribution is 2.37. The molecule has 1 saturated carbocycles. The highest BCUT2D eigenvalue weighted by atomic mass is 19.1. The summed E-state index contributed by atoms with van der Waals surface area (Å²) in [6.45, 7) is 9.56. The molecular formula is C30H28FN5O. The Hall–Kier alpha value is -4.15. The van der Waals surface area contributed by atoms with Crippen molar-refractivity contribution in [2.24, 2.45) is 11.7 Å². The molecule has 7 heteroatoms. The molecule has 37 heavy (non-hydrogen) atoms. The van der Waals surface area contributed by atoms with Crippen molar-refractivity contribution in [3.63, 3.8) is 0 Å². The number of hydrogen-bond donors (Lipinski definition) is 2. The Kier molecular flexibility index (Phi) is 6.93. The van der Waals surface area contributed by atoms with Crippen LogP contribution in [0.3, 0.4) is 0 Å². The monoisotopic (exact) mass is 493 g/mol. The standard InChI is InChI=1S/C30H28FN5O/c1-18-11-19(13-21(32)12-18)23-9-10-34-16-20(23)14-29(37)24-7-8-26(31)25-15-22(17-35-30(24)25)36-28-6-4-3-5-27(28)33-2/h3-10,15-19,21,36H,11-14,32H2,1H3/t18-,19+,21-/m0/s1. The van der Waals surface area contributed by atoms with Crippen molar-refractivity contribution >= 4 is 33.7 Å². The summed E-state index contributed by atoms with van der Waals surface area (Å²) >= 11 is 0. The molecule has 186 valence electrons. The number of anilines is 2. The van der Waals surface area contributed by atoms with Gasteiger partial charge in [0, 0.05) is 41.5 Å². The molecule has 0 amide bonds. The first-order valence-electron chi connectivity index (χ1n) is 12.5. The number of pyridine rings is 2. The third kappa shape index (κ3) is 5.20. The van der Waals surface area contributed by atoms with Crippen LogP contribution < -0.4 is 11.1 Å². The highest BCUT2D eigenvalue weighted by Gasteiger charge is 2.27. The van der Waals surface area contributed by atoms with Gasteiger partial charge in [0.05, 0.1) is 24.0 Å². The number of nitrogens with two attached hydrogens (primary N) is 1. The molecule has 0 radical (unpaired) electrons. The molecule has 0 saturated heterocycles. The van der Waals surface area contributed by atoms with Crippen LogP contribution in [0.25, 0.3) is 15.7 Å². The van der Waals surface area contributed by atoms with Gasteiger partial charge in [-0.15, -0.1) is 0 Å². The van der Waals surface area contributed by atoms with Gasteiger partial charge in [-0.3, -0.25) is 14.8 Å². The van der Waals surface area contributed by atoms with Gasteiger partial charge in [0.2, 0.25) is 5.69 Å². The Morgan fingerprint density at radius 2 is 2.00 bits per heavy atom. The SMILES string of the molecule is [C-]#[N+]c1ccccc1Nc1cnc2c(C(=O)Cc3cnccc3[C@@H]3C[C@H](C)C[C@H](N)C3)ccc(F)c2c1. The summed E-state index contributed by atoms with van der Waals surface area (Å²) in [5.74, 6) is 0.215. The van der Waals surface area contributed by atoms with E-state index in [0.717, 1.165) is 30.4 Å². The van der Waals surface area contributed by atoms with Crippen LogP contribution in [0.5, 0.6) is 0 Å². The number of rotatable bonds is 6. The second-order valence-electron chi connectivity index (χ2n) is 9.91. The first kappa shape index (κ1) is 24.5. The molecule has 0 bridgehead atoms. The topological polar surface area (TPSA) is 85.3 Å². The van der Waals surface area contributed by atoms with Gasteiger partial charge in [0.25, 0.3) is 0 Å². The van der Waals surface area contributed by atoms with Crippen LogP contribution in [-0.4, -0.2) is 21.8 Å². The number of Topliss-reactive ketones (excluding diaryl/α,β-unsaturated/α-hetero) is 1. The maximum absolute atomic E-state index is 14.9. The average Bonchev–Trinajstić information content (AvgIpc) is 2.89. The van der Waals surface area contributed by atoms with Crippen LogP contribution in [0.2, 0.25) is 0 Å². The largest absolute Gasteiger partial charge is 0.364 e. The number of para-hydroxylation sites is 2. The summed E-state index contributed by atoms with van der Waals surface area (Å²) in [5.41, 5.74) is 10.6. The predicted molar refractivity (Wildman–Crippen MR) is 144 cm³/mol. The smallest absolute Gasteiger partial charge is 0.209 e. The van der Waals surface area contributed by atoms with Crippen molar-refractivity contribution in [3.8, 4) is 0 Å². The van der Waals surface area contributed by atoms with Gasteiger partial charge < -0.3 is 11.1 Å². The molecule has 0 spiro atoms. The number of ketones is 1. The van der Waals surface area contributed by atoms with Crippen LogP contribution in [0.1, 0.15) is 53.6 Å². The summed E-state index contributed by atoms with van der Waals surface area (Å²) in [5, 5.41) is 3.38. The molecule has 5 rings (SSSR count). The van der Waals surface area contributed by atoms with E-state index in [2.05, 4.69) is 27.1 Å². The minimum Gasteiger partial charge on any atom is -0.364 e. The molecule has 1 aliphatic carbocycles. The number of benzene rings is 2. The molecule has 2 heterocycles. The maximum atomic E-state index is 14.9. The molecule has 2 aromatic carbocycles. The lowest BCUT2D eigenvalue weighted by Crippen LogP contribution is -2.31. The third-order valence-electron chi connectivity index (χ3n) is 7.11. The second kappa shape index (κ2) is 10.5. The molecule has 1 aliphatic rings. The predicted octanol–water partition coefficient (Wildman–Crippen LogP) is 6.72. The van der Waals surface area contributed by atoms with Gasteiger partial charge in [0.1, 0.15) is 5.82 Å². The zero-order valence-electron chi connectivity index (χ0n) is 20.6. The molecule has 2 aromatic heterocycles. The van der Waals surface area contributed by atoms with Crippen molar-refractivity contribution in [3.05, 3.63) is 101 Å². The number of nitrogens with one attached hydrogen (secondary N) is 1. The van der Waals surface area contributed by atoms with E-state index in [1.807, 2.05) is 12.1 Å². The highest BCUT2D eigenvalue weighted by molar-refractivity contribution is 6.08. The van der Waals surface area contributed by atoms with Crippen molar-refractivity contribution in [2.45, 2.75) is 44.6 Å². The zero-order valence-corrected chi connectivity index (χ0v) is 20.6. The van der Waals surface area contributed by atoms with E-state index in [9.17, 15) is 9.18 Å². The van der Waals surface area contributed by atoms with E-state index in [4.69, 9.17) is 12.3 Å². The number of carbonyl (C=O) groups is 1. The first-order valence-corrected chi connectivity index (χ1v) is 12.5. The van der Waals surface area contributed by atoms with E-state index >= 15 is 0 Å². The van der Waals surface area contributed by atoms with E-state index in [-0.39, 0.29) is 23.6 Å². The molecule has 6 nitrogen and oxygen atoms in total. The Morgan fingerprint density at radius 1 is 1.16 bits per heavy atom. The number of aromatic nitrogens is 2. The maximum Gasteiger partial charge on any atom is 0.209 e. The lowest BCUT2D eigenvalue weighted by molar-refractivity contribution is 0.0994. The summed E-state index contributed by atoms with van der Waals surface area (Å²) in [4.78, 5) is 25.7. The molecular weight excluding hydrogens is 465 g/mol. The molecule has 3 N–H and O–H groups in total. The Morgan fingerprint density at radius 3 is 2.81 bits per heavy atom. The van der Waals surface area contributed by atoms with Crippen LogP contribution in [0.4, 0.5) is 21.5 Å². The van der Waals surface area contributed by atoms with Gasteiger partial charge >= 0.3 is 0 Å². The number of halogens is 1. The van der Waals surface area contributed by atoms with Crippen LogP contribution >= 0.6 is 0 Å². The fourth-order valence-electron chi connectivity index (χ4n) is 5.48. The zero-order chi connectivity index (χ0) is 25.9. The number of fused-ring (bicyclic) bond motifs is 1. The van der Waals surface area contributed by atoms with E-state index < -0.39 is 5.82 Å². The summed E-state index contributed by atoms with van der Waals surface area (Å²) < 4.78 is 14.9. The molecule has 3 atom stereocenters. The molecule has 0 unspecified atom stereocenters. The third-order valence-corrected chi connectivity index (χ3v) is 7.11. The van der Waals surface area contributed by atoms with Gasteiger partial charge in [-0.25, -0.2) is 9.24 Å². The van der Waals surface area contributed by atoms with Crippen molar-refractivity contribution in [1.29, 1.82) is 0 Å². The Bertz CT molecular complexity index is 1500. The summed E-state index contributed by atoms with van der Waals surface area (Å²) in [6, 6.07) is 13.7. The second-order valence-corrected chi connectivity index (χ2v) is 9.91. The van der Waals surface area contributed by atoms with Crippen molar-refractivity contribution in [2.75, 3.05) is 5.32 Å². The summed E-state index contributed by atoms with van der Waals surface area (Å²) in [6.07, 6.45) is 8.18. The van der Waals surface area contributed by atoms with Crippen LogP contribution in [0, 0.1) is 18.3 Å². The summed E-state index contributed by atoms with van der Waals surface area (Å²) in [7, 11) is 0. The minimum absolute atomic E-state index is 0.140. The lowest BCUT2D eigenvalue weighted by atomic mass is 9.75. The van der Waals surface area contributed by atoms with E-state index in [0.29, 0.717) is 40.0 Å². The van der Waals surface area contributed by atoms with Crippen LogP contribution in [0.15, 0.2) is 67.1 Å². The van der Waals surface area contributed by atoms with Gasteiger partial charge in [-0.05, 0) is 72.6 Å².